The average Bonchev–Trinajstić information content (AvgIpc) is 2.82. The summed E-state index contributed by atoms with van der Waals surface area (Å²) in [6.07, 6.45) is 5.10. The number of aryl methyl sites for hydroxylation is 1. The van der Waals surface area contributed by atoms with E-state index in [2.05, 4.69) is 48.5 Å². The second-order valence-electron chi connectivity index (χ2n) is 4.81. The molecule has 0 aliphatic carbocycles. The molecule has 0 bridgehead atoms. The minimum atomic E-state index is 0.636. The van der Waals surface area contributed by atoms with Crippen LogP contribution in [-0.2, 0) is 13.6 Å². The molecule has 1 atom stereocenters. The fraction of sp³-hybridized carbons (Fsp3) is 0.400. The predicted molar refractivity (Wildman–Crippen MR) is 75.7 cm³/mol. The number of anilines is 1. The fourth-order valence-corrected chi connectivity index (χ4v) is 1.93. The summed E-state index contributed by atoms with van der Waals surface area (Å²) >= 11 is 0. The first kappa shape index (κ1) is 12.7. The highest BCUT2D eigenvalue weighted by atomic mass is 15.2. The van der Waals surface area contributed by atoms with E-state index in [0.717, 1.165) is 12.2 Å². The van der Waals surface area contributed by atoms with Gasteiger partial charge in [-0.2, -0.15) is 5.10 Å². The van der Waals surface area contributed by atoms with Gasteiger partial charge in [0.2, 0.25) is 0 Å². The van der Waals surface area contributed by atoms with Gasteiger partial charge in [-0.15, -0.1) is 0 Å². The van der Waals surface area contributed by atoms with E-state index >= 15 is 0 Å². The van der Waals surface area contributed by atoms with Crippen LogP contribution in [0.2, 0.25) is 0 Å². The standard InChI is InChI=1S/C15H21N3/c1-4-12(2)14-5-7-15(8-6-14)16-9-13-10-17-18(3)11-13/h5-8,10-12,16H,4,9H2,1-3H3. The van der Waals surface area contributed by atoms with E-state index in [1.165, 1.54) is 17.5 Å². The molecule has 3 nitrogen and oxygen atoms in total. The first-order valence-electron chi connectivity index (χ1n) is 6.50. The molecule has 0 saturated heterocycles. The molecule has 1 heterocycles. The summed E-state index contributed by atoms with van der Waals surface area (Å²) in [7, 11) is 1.93. The van der Waals surface area contributed by atoms with Crippen molar-refractivity contribution >= 4 is 5.69 Å². The Morgan fingerprint density at radius 3 is 2.56 bits per heavy atom. The van der Waals surface area contributed by atoms with Gasteiger partial charge in [-0.1, -0.05) is 26.0 Å². The Kier molecular flexibility index (Phi) is 4.03. The molecule has 0 fully saturated rings. The van der Waals surface area contributed by atoms with Gasteiger partial charge in [-0.25, -0.2) is 0 Å². The third-order valence-corrected chi connectivity index (χ3v) is 3.35. The number of aromatic nitrogens is 2. The molecule has 2 aromatic rings. The summed E-state index contributed by atoms with van der Waals surface area (Å²) < 4.78 is 1.82. The Hall–Kier alpha value is -1.77. The summed E-state index contributed by atoms with van der Waals surface area (Å²) in [6.45, 7) is 5.30. The van der Waals surface area contributed by atoms with Crippen LogP contribution in [0.15, 0.2) is 36.7 Å². The maximum atomic E-state index is 4.15. The number of benzene rings is 1. The third-order valence-electron chi connectivity index (χ3n) is 3.35. The molecule has 0 aliphatic heterocycles. The summed E-state index contributed by atoms with van der Waals surface area (Å²) in [4.78, 5) is 0. The van der Waals surface area contributed by atoms with E-state index in [1.54, 1.807) is 0 Å². The molecule has 1 aromatic heterocycles. The van der Waals surface area contributed by atoms with Crippen molar-refractivity contribution in [1.82, 2.24) is 9.78 Å². The van der Waals surface area contributed by atoms with Gasteiger partial charge >= 0.3 is 0 Å². The lowest BCUT2D eigenvalue weighted by Gasteiger charge is -2.10. The van der Waals surface area contributed by atoms with Crippen LogP contribution in [0.4, 0.5) is 5.69 Å². The Morgan fingerprint density at radius 1 is 1.28 bits per heavy atom. The minimum Gasteiger partial charge on any atom is -0.381 e. The monoisotopic (exact) mass is 243 g/mol. The molecule has 0 amide bonds. The van der Waals surface area contributed by atoms with E-state index in [-0.39, 0.29) is 0 Å². The summed E-state index contributed by atoms with van der Waals surface area (Å²) in [6, 6.07) is 8.72. The molecular weight excluding hydrogens is 222 g/mol. The highest BCUT2D eigenvalue weighted by molar-refractivity contribution is 5.45. The van der Waals surface area contributed by atoms with Crippen LogP contribution in [0, 0.1) is 0 Å². The van der Waals surface area contributed by atoms with E-state index < -0.39 is 0 Å². The zero-order chi connectivity index (χ0) is 13.0. The number of hydrogen-bond acceptors (Lipinski definition) is 2. The number of hydrogen-bond donors (Lipinski definition) is 1. The molecule has 3 heteroatoms. The molecule has 18 heavy (non-hydrogen) atoms. The lowest BCUT2D eigenvalue weighted by molar-refractivity contribution is 0.734. The molecule has 96 valence electrons. The molecule has 0 saturated carbocycles. The Bertz CT molecular complexity index is 485. The van der Waals surface area contributed by atoms with Crippen molar-refractivity contribution in [2.75, 3.05) is 5.32 Å². The summed E-state index contributed by atoms with van der Waals surface area (Å²) in [5.41, 5.74) is 3.76. The Morgan fingerprint density at radius 2 is 2.00 bits per heavy atom. The van der Waals surface area contributed by atoms with Crippen LogP contribution in [0.25, 0.3) is 0 Å². The van der Waals surface area contributed by atoms with Gasteiger partial charge in [-0.3, -0.25) is 4.68 Å². The SMILES string of the molecule is CCC(C)c1ccc(NCc2cnn(C)c2)cc1. The molecule has 1 N–H and O–H groups in total. The molecule has 1 aromatic carbocycles. The lowest BCUT2D eigenvalue weighted by Crippen LogP contribution is -1.99. The molecule has 0 spiro atoms. The average molecular weight is 243 g/mol. The van der Waals surface area contributed by atoms with Crippen LogP contribution < -0.4 is 5.32 Å². The smallest absolute Gasteiger partial charge is 0.0539 e. The fourth-order valence-electron chi connectivity index (χ4n) is 1.93. The van der Waals surface area contributed by atoms with Crippen LogP contribution in [0.1, 0.15) is 37.3 Å². The maximum Gasteiger partial charge on any atom is 0.0539 e. The second-order valence-corrected chi connectivity index (χ2v) is 4.81. The molecule has 2 rings (SSSR count). The lowest BCUT2D eigenvalue weighted by atomic mass is 9.99. The van der Waals surface area contributed by atoms with Crippen LogP contribution in [-0.4, -0.2) is 9.78 Å². The van der Waals surface area contributed by atoms with Gasteiger partial charge in [0.25, 0.3) is 0 Å². The molecule has 1 unspecified atom stereocenters. The quantitative estimate of drug-likeness (QED) is 0.870. The number of nitrogens with one attached hydrogen (secondary N) is 1. The minimum absolute atomic E-state index is 0.636. The van der Waals surface area contributed by atoms with E-state index in [9.17, 15) is 0 Å². The largest absolute Gasteiger partial charge is 0.381 e. The molecular formula is C15H21N3. The van der Waals surface area contributed by atoms with Gasteiger partial charge in [0.15, 0.2) is 0 Å². The predicted octanol–water partition coefficient (Wildman–Crippen LogP) is 3.55. The Balaban J connectivity index is 1.94. The zero-order valence-electron chi connectivity index (χ0n) is 11.4. The van der Waals surface area contributed by atoms with Crippen molar-refractivity contribution in [2.24, 2.45) is 7.05 Å². The van der Waals surface area contributed by atoms with E-state index in [4.69, 9.17) is 0 Å². The van der Waals surface area contributed by atoms with Crippen molar-refractivity contribution in [3.05, 3.63) is 47.8 Å². The summed E-state index contributed by atoms with van der Waals surface area (Å²) in [5.74, 6) is 0.636. The maximum absolute atomic E-state index is 4.15. The second kappa shape index (κ2) is 5.71. The van der Waals surface area contributed by atoms with Gasteiger partial charge in [0.05, 0.1) is 6.20 Å². The normalized spacial score (nSPS) is 12.4. The van der Waals surface area contributed by atoms with Crippen LogP contribution in [0.5, 0.6) is 0 Å². The van der Waals surface area contributed by atoms with Crippen LogP contribution in [0.3, 0.4) is 0 Å². The third kappa shape index (κ3) is 3.13. The highest BCUT2D eigenvalue weighted by Gasteiger charge is 2.02. The van der Waals surface area contributed by atoms with Crippen molar-refractivity contribution < 1.29 is 0 Å². The first-order chi connectivity index (χ1) is 8.69. The van der Waals surface area contributed by atoms with Gasteiger partial charge in [0, 0.05) is 31.0 Å². The molecule has 0 radical (unpaired) electrons. The molecule has 0 aliphatic rings. The number of nitrogens with zero attached hydrogens (tertiary/aromatic N) is 2. The van der Waals surface area contributed by atoms with Crippen molar-refractivity contribution in [1.29, 1.82) is 0 Å². The van der Waals surface area contributed by atoms with E-state index in [0.29, 0.717) is 5.92 Å². The van der Waals surface area contributed by atoms with Gasteiger partial charge in [-0.05, 0) is 30.0 Å². The van der Waals surface area contributed by atoms with Crippen molar-refractivity contribution in [3.8, 4) is 0 Å². The van der Waals surface area contributed by atoms with Gasteiger partial charge in [0.1, 0.15) is 0 Å². The highest BCUT2D eigenvalue weighted by Crippen LogP contribution is 2.20. The first-order valence-corrected chi connectivity index (χ1v) is 6.50. The topological polar surface area (TPSA) is 29.9 Å². The summed E-state index contributed by atoms with van der Waals surface area (Å²) in [5, 5.41) is 7.56. The van der Waals surface area contributed by atoms with Crippen molar-refractivity contribution in [2.45, 2.75) is 32.7 Å². The Labute approximate surface area is 109 Å². The van der Waals surface area contributed by atoms with Gasteiger partial charge < -0.3 is 5.32 Å². The number of rotatable bonds is 5. The van der Waals surface area contributed by atoms with E-state index in [1.807, 2.05) is 24.1 Å². The zero-order valence-corrected chi connectivity index (χ0v) is 11.4. The van der Waals surface area contributed by atoms with Crippen LogP contribution >= 0.6 is 0 Å². The van der Waals surface area contributed by atoms with Crippen molar-refractivity contribution in [3.63, 3.8) is 0 Å².